The van der Waals surface area contributed by atoms with E-state index in [-0.39, 0.29) is 5.75 Å². The summed E-state index contributed by atoms with van der Waals surface area (Å²) in [6.07, 6.45) is 1.16. The molecule has 3 N–H and O–H groups in total. The van der Waals surface area contributed by atoms with Crippen LogP contribution in [-0.2, 0) is 10.0 Å². The summed E-state index contributed by atoms with van der Waals surface area (Å²) < 4.78 is 22.7. The Morgan fingerprint density at radius 1 is 1.70 bits per heavy atom. The molecule has 0 aliphatic carbocycles. The van der Waals surface area contributed by atoms with Gasteiger partial charge in [-0.1, -0.05) is 6.08 Å². The van der Waals surface area contributed by atoms with Gasteiger partial charge in [0.15, 0.2) is 0 Å². The van der Waals surface area contributed by atoms with Crippen molar-refractivity contribution < 1.29 is 13.2 Å². The van der Waals surface area contributed by atoms with E-state index in [0.717, 1.165) is 6.08 Å². The maximum Gasteiger partial charge on any atom is 0.325 e. The van der Waals surface area contributed by atoms with Crippen molar-refractivity contribution in [1.82, 2.24) is 4.72 Å². The molecule has 0 spiro atoms. The van der Waals surface area contributed by atoms with Gasteiger partial charge in [0.25, 0.3) is 0 Å². The third-order valence-electron chi connectivity index (χ3n) is 0.593. The molecule has 5 nitrogen and oxygen atoms in total. The fraction of sp³-hybridized carbons (Fsp3) is 0.250. The molecule has 0 atom stereocenters. The molecule has 2 amide bonds. The lowest BCUT2D eigenvalue weighted by molar-refractivity contribution is 0.253. The van der Waals surface area contributed by atoms with Crippen LogP contribution in [0.25, 0.3) is 0 Å². The Morgan fingerprint density at radius 3 is 2.50 bits per heavy atom. The van der Waals surface area contributed by atoms with E-state index in [0.29, 0.717) is 0 Å². The Labute approximate surface area is 59.0 Å². The normalized spacial score (nSPS) is 10.4. The summed E-state index contributed by atoms with van der Waals surface area (Å²) in [5, 5.41) is 0. The molecule has 0 radical (unpaired) electrons. The summed E-state index contributed by atoms with van der Waals surface area (Å²) in [5.74, 6) is -0.310. The van der Waals surface area contributed by atoms with Crippen molar-refractivity contribution >= 4 is 16.1 Å². The quantitative estimate of drug-likeness (QED) is 0.533. The van der Waals surface area contributed by atoms with Crippen LogP contribution in [0.2, 0.25) is 0 Å². The van der Waals surface area contributed by atoms with Crippen molar-refractivity contribution in [2.45, 2.75) is 0 Å². The minimum absolute atomic E-state index is 0.310. The topological polar surface area (TPSA) is 89.3 Å². The number of rotatable bonds is 3. The molecule has 0 aliphatic heterocycles. The van der Waals surface area contributed by atoms with Crippen molar-refractivity contribution in [2.75, 3.05) is 5.75 Å². The smallest absolute Gasteiger partial charge is 0.325 e. The van der Waals surface area contributed by atoms with E-state index in [1.807, 2.05) is 0 Å². The molecule has 0 aromatic rings. The molecular weight excluding hydrogens is 156 g/mol. The number of urea groups is 1. The number of sulfonamides is 1. The van der Waals surface area contributed by atoms with E-state index in [1.54, 1.807) is 4.72 Å². The van der Waals surface area contributed by atoms with Gasteiger partial charge in [-0.05, 0) is 0 Å². The van der Waals surface area contributed by atoms with Crippen molar-refractivity contribution in [2.24, 2.45) is 5.73 Å². The number of amides is 2. The van der Waals surface area contributed by atoms with E-state index >= 15 is 0 Å². The first-order valence-electron chi connectivity index (χ1n) is 2.39. The lowest BCUT2D eigenvalue weighted by Crippen LogP contribution is -2.36. The highest BCUT2D eigenvalue weighted by Crippen LogP contribution is 1.81. The van der Waals surface area contributed by atoms with Crippen molar-refractivity contribution in [3.05, 3.63) is 12.7 Å². The average molecular weight is 164 g/mol. The zero-order valence-electron chi connectivity index (χ0n) is 5.20. The van der Waals surface area contributed by atoms with Crippen molar-refractivity contribution in [1.29, 1.82) is 0 Å². The van der Waals surface area contributed by atoms with Crippen LogP contribution in [0.4, 0.5) is 4.79 Å². The number of primary amides is 1. The minimum atomic E-state index is -3.57. The fourth-order valence-electron chi connectivity index (χ4n) is 0.350. The number of nitrogens with two attached hydrogens (primary N) is 1. The van der Waals surface area contributed by atoms with Crippen molar-refractivity contribution in [3.63, 3.8) is 0 Å². The zero-order chi connectivity index (χ0) is 8.20. The predicted octanol–water partition coefficient (Wildman–Crippen LogP) is -0.830. The molecule has 0 saturated heterocycles. The van der Waals surface area contributed by atoms with Crippen LogP contribution in [0.1, 0.15) is 0 Å². The SMILES string of the molecule is C=CCS(=O)(=O)NC(N)=O. The van der Waals surface area contributed by atoms with Gasteiger partial charge in [0.05, 0.1) is 5.75 Å². The minimum Gasteiger partial charge on any atom is -0.351 e. The Hall–Kier alpha value is -1.04. The van der Waals surface area contributed by atoms with E-state index in [1.165, 1.54) is 0 Å². The van der Waals surface area contributed by atoms with Gasteiger partial charge >= 0.3 is 6.03 Å². The molecular formula is C4H8N2O3S. The maximum absolute atomic E-state index is 10.6. The summed E-state index contributed by atoms with van der Waals surface area (Å²) in [6.45, 7) is 3.18. The maximum atomic E-state index is 10.6. The molecule has 0 unspecified atom stereocenters. The van der Waals surface area contributed by atoms with Crippen molar-refractivity contribution in [3.8, 4) is 0 Å². The second-order valence-electron chi connectivity index (χ2n) is 1.54. The van der Waals surface area contributed by atoms with Crippen LogP contribution in [0, 0.1) is 0 Å². The van der Waals surface area contributed by atoms with Crippen LogP contribution in [0.15, 0.2) is 12.7 Å². The molecule has 0 bridgehead atoms. The first-order chi connectivity index (χ1) is 4.48. The summed E-state index contributed by atoms with van der Waals surface area (Å²) in [4.78, 5) is 9.99. The molecule has 0 aromatic heterocycles. The van der Waals surface area contributed by atoms with E-state index in [4.69, 9.17) is 0 Å². The van der Waals surface area contributed by atoms with Crippen LogP contribution in [-0.4, -0.2) is 20.2 Å². The second kappa shape index (κ2) is 3.21. The number of carbonyl (C=O) groups is 1. The van der Waals surface area contributed by atoms with Gasteiger partial charge < -0.3 is 5.73 Å². The second-order valence-corrected chi connectivity index (χ2v) is 3.30. The highest BCUT2D eigenvalue weighted by atomic mass is 32.2. The lowest BCUT2D eigenvalue weighted by atomic mass is 10.8. The van der Waals surface area contributed by atoms with Gasteiger partial charge in [0.2, 0.25) is 10.0 Å². The molecule has 0 rings (SSSR count). The Morgan fingerprint density at radius 2 is 2.20 bits per heavy atom. The molecule has 58 valence electrons. The molecule has 0 fully saturated rings. The lowest BCUT2D eigenvalue weighted by Gasteiger charge is -1.98. The first kappa shape index (κ1) is 8.96. The third kappa shape index (κ3) is 3.90. The summed E-state index contributed by atoms with van der Waals surface area (Å²) in [7, 11) is -3.57. The fourth-order valence-corrected chi connectivity index (χ4v) is 1.05. The van der Waals surface area contributed by atoms with Gasteiger partial charge in [-0.15, -0.1) is 6.58 Å². The van der Waals surface area contributed by atoms with Crippen LogP contribution in [0.3, 0.4) is 0 Å². The predicted molar refractivity (Wildman–Crippen MR) is 36.7 cm³/mol. The molecule has 0 aromatic carbocycles. The average Bonchev–Trinajstić information content (AvgIpc) is 1.59. The number of carbonyl (C=O) groups excluding carboxylic acids is 1. The molecule has 10 heavy (non-hydrogen) atoms. The molecule has 0 aliphatic rings. The number of hydrogen-bond acceptors (Lipinski definition) is 3. The van der Waals surface area contributed by atoms with Gasteiger partial charge in [-0.3, -0.25) is 0 Å². The van der Waals surface area contributed by atoms with E-state index in [9.17, 15) is 13.2 Å². The standard InChI is InChI=1S/C4H8N2O3S/c1-2-3-10(8,9)6-4(5)7/h2H,1,3H2,(H3,5,6,7). The van der Waals surface area contributed by atoms with Crippen LogP contribution < -0.4 is 10.5 Å². The van der Waals surface area contributed by atoms with Gasteiger partial charge in [0.1, 0.15) is 0 Å². The van der Waals surface area contributed by atoms with E-state index < -0.39 is 16.1 Å². The monoisotopic (exact) mass is 164 g/mol. The summed E-state index contributed by atoms with van der Waals surface area (Å²) >= 11 is 0. The van der Waals surface area contributed by atoms with Gasteiger partial charge in [-0.2, -0.15) is 0 Å². The number of hydrogen-bond donors (Lipinski definition) is 2. The third-order valence-corrected chi connectivity index (χ3v) is 1.78. The van der Waals surface area contributed by atoms with Gasteiger partial charge in [0, 0.05) is 0 Å². The largest absolute Gasteiger partial charge is 0.351 e. The summed E-state index contributed by atoms with van der Waals surface area (Å²) in [6, 6.07) is -1.08. The highest BCUT2D eigenvalue weighted by Gasteiger charge is 2.08. The first-order valence-corrected chi connectivity index (χ1v) is 4.04. The Bertz CT molecular complexity index is 231. The molecule has 6 heteroatoms. The Kier molecular flexibility index (Phi) is 2.88. The number of nitrogens with one attached hydrogen (secondary N) is 1. The van der Waals surface area contributed by atoms with E-state index in [2.05, 4.69) is 12.3 Å². The summed E-state index contributed by atoms with van der Waals surface area (Å²) in [5.41, 5.74) is 4.55. The van der Waals surface area contributed by atoms with Crippen LogP contribution >= 0.6 is 0 Å². The Balaban J connectivity index is 4.14. The van der Waals surface area contributed by atoms with Gasteiger partial charge in [-0.25, -0.2) is 17.9 Å². The highest BCUT2D eigenvalue weighted by molar-refractivity contribution is 7.90. The zero-order valence-corrected chi connectivity index (χ0v) is 6.02. The molecule has 0 heterocycles. The molecule has 0 saturated carbocycles. The van der Waals surface area contributed by atoms with Crippen LogP contribution in [0.5, 0.6) is 0 Å².